The van der Waals surface area contributed by atoms with Gasteiger partial charge in [0.1, 0.15) is 23.4 Å². The minimum absolute atomic E-state index is 0.0498. The van der Waals surface area contributed by atoms with Crippen molar-refractivity contribution in [3.05, 3.63) is 95.2 Å². The van der Waals surface area contributed by atoms with Crippen molar-refractivity contribution in [2.45, 2.75) is 51.6 Å². The second-order valence-corrected chi connectivity index (χ2v) is 10.6. The van der Waals surface area contributed by atoms with Gasteiger partial charge in [-0.3, -0.25) is 4.79 Å². The summed E-state index contributed by atoms with van der Waals surface area (Å²) in [5.74, 6) is 0.556. The van der Waals surface area contributed by atoms with Crippen LogP contribution in [0.2, 0.25) is 0 Å². The topological polar surface area (TPSA) is 62.6 Å². The van der Waals surface area contributed by atoms with Crippen molar-refractivity contribution in [1.29, 1.82) is 0 Å². The molecular formula is C33H35FN2O4. The first-order valence-electron chi connectivity index (χ1n) is 13.6. The molecule has 0 amide bonds. The summed E-state index contributed by atoms with van der Waals surface area (Å²) in [4.78, 5) is 16.2. The highest BCUT2D eigenvalue weighted by molar-refractivity contribution is 5.76. The number of esters is 1. The van der Waals surface area contributed by atoms with Gasteiger partial charge >= 0.3 is 5.97 Å². The molecule has 40 heavy (non-hydrogen) atoms. The highest BCUT2D eigenvalue weighted by Crippen LogP contribution is 2.40. The summed E-state index contributed by atoms with van der Waals surface area (Å²) in [5.41, 5.74) is 7.78. The summed E-state index contributed by atoms with van der Waals surface area (Å²) >= 11 is 0. The zero-order valence-corrected chi connectivity index (χ0v) is 23.5. The average Bonchev–Trinajstić information content (AvgIpc) is 3.55. The molecule has 3 aromatic rings. The summed E-state index contributed by atoms with van der Waals surface area (Å²) in [6.45, 7) is 8.64. The summed E-state index contributed by atoms with van der Waals surface area (Å²) < 4.78 is 34.1. The standard InChI is InChI=1S/C33H35FN2O4/c1-20-13-24(29-17-36(4)19-35-29)14-21(2)33(20)23-7-6-8-30(22(3)28(34)12-9-23)40-26-10-11-27-25(15-32(37)38-5)18-39-31(27)16-26/h9-14,16-17,19,25,30H,3,6-8,15,18H2,1-2,4-5H3/b23-9+,28-12+/t25-,30-/m1/s1. The van der Waals surface area contributed by atoms with Gasteiger partial charge in [0, 0.05) is 41.9 Å². The molecule has 208 valence electrons. The number of carbonyl (C=O) groups is 1. The van der Waals surface area contributed by atoms with Crippen molar-refractivity contribution in [3.63, 3.8) is 0 Å². The molecule has 2 aromatic carbocycles. The number of hydrogen-bond acceptors (Lipinski definition) is 5. The second-order valence-electron chi connectivity index (χ2n) is 10.6. The number of hydrogen-bond donors (Lipinski definition) is 0. The molecule has 0 N–H and O–H groups in total. The number of imidazole rings is 1. The SMILES string of the molecule is C=C1/C(F)=C\C=C(\c2c(C)cc(-c3cn(C)cn3)cc2C)CCC[C@H]1Oc1ccc2c(c1)OC[C@H]2CC(=O)OC. The van der Waals surface area contributed by atoms with Crippen molar-refractivity contribution in [2.75, 3.05) is 13.7 Å². The lowest BCUT2D eigenvalue weighted by molar-refractivity contribution is -0.141. The Hall–Kier alpha value is -4.13. The number of nitrogens with zero attached hydrogens (tertiary/aromatic N) is 2. The highest BCUT2D eigenvalue weighted by atomic mass is 19.1. The predicted octanol–water partition coefficient (Wildman–Crippen LogP) is 7.17. The lowest BCUT2D eigenvalue weighted by Crippen LogP contribution is -2.19. The number of methoxy groups -OCH3 is 1. The van der Waals surface area contributed by atoms with Crippen LogP contribution in [0.15, 0.2) is 73.0 Å². The van der Waals surface area contributed by atoms with Crippen molar-refractivity contribution in [1.82, 2.24) is 9.55 Å². The number of allylic oxidation sites excluding steroid dienone is 3. The predicted molar refractivity (Wildman–Crippen MR) is 154 cm³/mol. The maximum Gasteiger partial charge on any atom is 0.306 e. The van der Waals surface area contributed by atoms with Gasteiger partial charge in [0.2, 0.25) is 0 Å². The van der Waals surface area contributed by atoms with E-state index in [2.05, 4.69) is 37.5 Å². The Balaban J connectivity index is 1.32. The first-order valence-corrected chi connectivity index (χ1v) is 13.6. The number of halogens is 1. The molecule has 0 saturated carbocycles. The van der Waals surface area contributed by atoms with E-state index < -0.39 is 6.10 Å². The maximum atomic E-state index is 15.3. The monoisotopic (exact) mass is 542 g/mol. The lowest BCUT2D eigenvalue weighted by atomic mass is 9.89. The molecule has 7 heteroatoms. The molecule has 1 aromatic heterocycles. The van der Waals surface area contributed by atoms with Gasteiger partial charge in [-0.25, -0.2) is 9.37 Å². The molecule has 0 bridgehead atoms. The van der Waals surface area contributed by atoms with Crippen LogP contribution in [0.1, 0.15) is 53.9 Å². The third-order valence-corrected chi connectivity index (χ3v) is 7.68. The minimum Gasteiger partial charge on any atom is -0.492 e. The summed E-state index contributed by atoms with van der Waals surface area (Å²) in [5, 5.41) is 0. The molecule has 1 aliphatic carbocycles. The third-order valence-electron chi connectivity index (χ3n) is 7.68. The molecule has 0 radical (unpaired) electrons. The van der Waals surface area contributed by atoms with Crippen molar-refractivity contribution < 1.29 is 23.4 Å². The molecular weight excluding hydrogens is 507 g/mol. The molecule has 2 heterocycles. The number of fused-ring (bicyclic) bond motifs is 1. The van der Waals surface area contributed by atoms with Crippen LogP contribution < -0.4 is 9.47 Å². The van der Waals surface area contributed by atoms with Gasteiger partial charge in [0.15, 0.2) is 0 Å². The summed E-state index contributed by atoms with van der Waals surface area (Å²) in [7, 11) is 3.34. The Morgan fingerprint density at radius 3 is 2.67 bits per heavy atom. The van der Waals surface area contributed by atoms with Gasteiger partial charge in [-0.05, 0) is 79.6 Å². The molecule has 0 spiro atoms. The number of carbonyl (C=O) groups excluding carboxylic acids is 1. The number of benzene rings is 2. The fourth-order valence-corrected chi connectivity index (χ4v) is 5.64. The zero-order chi connectivity index (χ0) is 28.4. The van der Waals surface area contributed by atoms with Crippen molar-refractivity contribution >= 4 is 11.5 Å². The number of aromatic nitrogens is 2. The Morgan fingerprint density at radius 1 is 1.20 bits per heavy atom. The molecule has 5 rings (SSSR count). The smallest absolute Gasteiger partial charge is 0.306 e. The largest absolute Gasteiger partial charge is 0.492 e. The zero-order valence-electron chi connectivity index (χ0n) is 23.5. The van der Waals surface area contributed by atoms with Crippen molar-refractivity contribution in [2.24, 2.45) is 7.05 Å². The van der Waals surface area contributed by atoms with Crippen LogP contribution >= 0.6 is 0 Å². The van der Waals surface area contributed by atoms with Gasteiger partial charge in [-0.1, -0.05) is 18.7 Å². The van der Waals surface area contributed by atoms with E-state index in [4.69, 9.17) is 14.2 Å². The maximum absolute atomic E-state index is 15.3. The summed E-state index contributed by atoms with van der Waals surface area (Å²) in [6, 6.07) is 9.87. The van der Waals surface area contributed by atoms with Crippen LogP contribution in [0.25, 0.3) is 16.8 Å². The fourth-order valence-electron chi connectivity index (χ4n) is 5.64. The summed E-state index contributed by atoms with van der Waals surface area (Å²) in [6.07, 6.45) is 9.14. The Labute approximate surface area is 234 Å². The van der Waals surface area contributed by atoms with E-state index in [1.54, 1.807) is 6.33 Å². The van der Waals surface area contributed by atoms with E-state index >= 15 is 4.39 Å². The molecule has 2 atom stereocenters. The first-order chi connectivity index (χ1) is 19.2. The average molecular weight is 543 g/mol. The number of ether oxygens (including phenoxy) is 3. The third kappa shape index (κ3) is 5.74. The van der Waals surface area contributed by atoms with E-state index in [-0.39, 0.29) is 24.1 Å². The molecule has 0 fully saturated rings. The molecule has 0 saturated heterocycles. The second kappa shape index (κ2) is 11.5. The molecule has 1 aliphatic heterocycles. The first kappa shape index (κ1) is 27.4. The van der Waals surface area contributed by atoms with Gasteiger partial charge in [0.25, 0.3) is 0 Å². The highest BCUT2D eigenvalue weighted by Gasteiger charge is 2.28. The van der Waals surface area contributed by atoms with Crippen LogP contribution in [0, 0.1) is 13.8 Å². The van der Waals surface area contributed by atoms with Crippen molar-refractivity contribution in [3.8, 4) is 22.8 Å². The Bertz CT molecular complexity index is 1490. The molecule has 6 nitrogen and oxygen atoms in total. The van der Waals surface area contributed by atoms with E-state index in [9.17, 15) is 4.79 Å². The van der Waals surface area contributed by atoms with Crippen LogP contribution in [0.5, 0.6) is 11.5 Å². The lowest BCUT2D eigenvalue weighted by Gasteiger charge is -2.21. The molecule has 0 unspecified atom stereocenters. The quantitative estimate of drug-likeness (QED) is 0.309. The number of aryl methyl sites for hydroxylation is 3. The van der Waals surface area contributed by atoms with Gasteiger partial charge < -0.3 is 18.8 Å². The van der Waals surface area contributed by atoms with E-state index in [1.807, 2.05) is 42.1 Å². The Kier molecular flexibility index (Phi) is 7.92. The van der Waals surface area contributed by atoms with Crippen LogP contribution in [0.3, 0.4) is 0 Å². The van der Waals surface area contributed by atoms with Crippen LogP contribution in [0.4, 0.5) is 4.39 Å². The normalized spacial score (nSPS) is 21.6. The van der Waals surface area contributed by atoms with Gasteiger partial charge in [0.05, 0.1) is 32.2 Å². The van der Waals surface area contributed by atoms with E-state index in [0.717, 1.165) is 51.9 Å². The number of rotatable bonds is 6. The van der Waals surface area contributed by atoms with Crippen LogP contribution in [-0.4, -0.2) is 35.3 Å². The Morgan fingerprint density at radius 2 is 1.98 bits per heavy atom. The van der Waals surface area contributed by atoms with E-state index in [0.29, 0.717) is 30.1 Å². The van der Waals surface area contributed by atoms with Gasteiger partial charge in [-0.15, -0.1) is 0 Å². The van der Waals surface area contributed by atoms with Crippen LogP contribution in [-0.2, 0) is 16.6 Å². The van der Waals surface area contributed by atoms with E-state index in [1.165, 1.54) is 13.2 Å². The minimum atomic E-state index is -0.511. The fraction of sp³-hybridized carbons (Fsp3) is 0.333. The molecule has 2 aliphatic rings. The van der Waals surface area contributed by atoms with Gasteiger partial charge in [-0.2, -0.15) is 0 Å².